The summed E-state index contributed by atoms with van der Waals surface area (Å²) >= 11 is 0. The number of nitrogens with zero attached hydrogens (tertiary/aromatic N) is 1. The van der Waals surface area contributed by atoms with Crippen molar-refractivity contribution in [1.82, 2.24) is 9.55 Å². The Balaban J connectivity index is 2.18. The van der Waals surface area contributed by atoms with Crippen molar-refractivity contribution in [2.75, 3.05) is 19.6 Å². The topological polar surface area (TPSA) is 99.1 Å². The van der Waals surface area contributed by atoms with Crippen molar-refractivity contribution >= 4 is 0 Å². The molecule has 0 spiro atoms. The molecule has 1 aromatic rings. The molecular formula is C11H22N4O2+2. The van der Waals surface area contributed by atoms with Gasteiger partial charge in [0.05, 0.1) is 26.2 Å². The smallest absolute Gasteiger partial charge is 0.328 e. The van der Waals surface area contributed by atoms with Crippen molar-refractivity contribution in [3.63, 3.8) is 0 Å². The average molecular weight is 242 g/mol. The minimum atomic E-state index is -0.344. The lowest BCUT2D eigenvalue weighted by Gasteiger charge is -2.03. The molecule has 0 aliphatic heterocycles. The van der Waals surface area contributed by atoms with Crippen molar-refractivity contribution in [2.24, 2.45) is 0 Å². The summed E-state index contributed by atoms with van der Waals surface area (Å²) in [5, 5.41) is 2.20. The van der Waals surface area contributed by atoms with Crippen LogP contribution in [0.25, 0.3) is 0 Å². The molecule has 6 N–H and O–H groups in total. The molecule has 0 bridgehead atoms. The van der Waals surface area contributed by atoms with Crippen LogP contribution in [-0.4, -0.2) is 29.2 Å². The minimum absolute atomic E-state index is 0.331. The predicted molar refractivity (Wildman–Crippen MR) is 64.6 cm³/mol. The summed E-state index contributed by atoms with van der Waals surface area (Å²) in [5.74, 6) is 0. The van der Waals surface area contributed by atoms with Crippen LogP contribution in [-0.2, 0) is 6.54 Å². The highest BCUT2D eigenvalue weighted by molar-refractivity contribution is 4.82. The lowest BCUT2D eigenvalue weighted by molar-refractivity contribution is -0.656. The largest absolute Gasteiger partial charge is 0.358 e. The predicted octanol–water partition coefficient (Wildman–Crippen LogP) is -2.49. The second-order valence-electron chi connectivity index (χ2n) is 4.08. The number of aromatic amines is 1. The number of nitrogens with two attached hydrogens (primary N) is 1. The summed E-state index contributed by atoms with van der Waals surface area (Å²) < 4.78 is 1.52. The fourth-order valence-electron chi connectivity index (χ4n) is 1.64. The molecule has 1 rings (SSSR count). The number of hydrogen-bond donors (Lipinski definition) is 3. The molecule has 0 aliphatic carbocycles. The SMILES string of the molecule is [NH3+]CCCCC[NH2+]CCn1ccc(=O)[nH]c1=O. The highest BCUT2D eigenvalue weighted by atomic mass is 16.2. The van der Waals surface area contributed by atoms with Gasteiger partial charge in [0.1, 0.15) is 0 Å². The third-order valence-corrected chi connectivity index (χ3v) is 2.63. The molecule has 0 saturated carbocycles. The number of unbranched alkanes of at least 4 members (excludes halogenated alkanes) is 2. The van der Waals surface area contributed by atoms with Gasteiger partial charge in [0.15, 0.2) is 0 Å². The Labute approximate surface area is 99.8 Å². The molecule has 17 heavy (non-hydrogen) atoms. The zero-order chi connectivity index (χ0) is 12.5. The van der Waals surface area contributed by atoms with Crippen LogP contribution in [0.4, 0.5) is 0 Å². The van der Waals surface area contributed by atoms with E-state index < -0.39 is 0 Å². The molecule has 96 valence electrons. The Kier molecular flexibility index (Phi) is 6.27. The Morgan fingerprint density at radius 3 is 2.76 bits per heavy atom. The molecule has 0 fully saturated rings. The maximum atomic E-state index is 11.3. The fourth-order valence-corrected chi connectivity index (χ4v) is 1.64. The molecule has 0 unspecified atom stereocenters. The van der Waals surface area contributed by atoms with E-state index in [4.69, 9.17) is 0 Å². The van der Waals surface area contributed by atoms with Gasteiger partial charge in [-0.3, -0.25) is 14.3 Å². The molecule has 0 aromatic carbocycles. The summed E-state index contributed by atoms with van der Waals surface area (Å²) in [6, 6.07) is 1.37. The van der Waals surface area contributed by atoms with Gasteiger partial charge in [-0.25, -0.2) is 4.79 Å². The number of hydrogen-bond acceptors (Lipinski definition) is 2. The molecule has 1 heterocycles. The first-order chi connectivity index (χ1) is 8.24. The van der Waals surface area contributed by atoms with Crippen molar-refractivity contribution in [2.45, 2.75) is 25.8 Å². The molecule has 0 radical (unpaired) electrons. The second-order valence-corrected chi connectivity index (χ2v) is 4.08. The van der Waals surface area contributed by atoms with Crippen molar-refractivity contribution < 1.29 is 11.1 Å². The number of aromatic nitrogens is 2. The number of nitrogens with one attached hydrogen (secondary N) is 1. The highest BCUT2D eigenvalue weighted by Gasteiger charge is 1.97. The van der Waals surface area contributed by atoms with Crippen LogP contribution in [0.3, 0.4) is 0 Å². The lowest BCUT2D eigenvalue weighted by Crippen LogP contribution is -2.85. The van der Waals surface area contributed by atoms with Gasteiger partial charge >= 0.3 is 5.69 Å². The normalized spacial score (nSPS) is 10.6. The van der Waals surface area contributed by atoms with Crippen molar-refractivity contribution in [1.29, 1.82) is 0 Å². The standard InChI is InChI=1S/C11H20N4O2/c12-5-2-1-3-6-13-7-9-15-8-4-10(16)14-11(15)17/h4,8,13H,1-3,5-7,9,12H2,(H,14,16,17)/p+2. The van der Waals surface area contributed by atoms with Crippen molar-refractivity contribution in [3.8, 4) is 0 Å². The first-order valence-electron chi connectivity index (χ1n) is 6.14. The molecule has 0 saturated heterocycles. The molecular weight excluding hydrogens is 220 g/mol. The first-order valence-corrected chi connectivity index (χ1v) is 6.14. The van der Waals surface area contributed by atoms with Gasteiger partial charge in [-0.1, -0.05) is 0 Å². The van der Waals surface area contributed by atoms with Gasteiger partial charge in [0.2, 0.25) is 0 Å². The van der Waals surface area contributed by atoms with Crippen LogP contribution in [0, 0.1) is 0 Å². The van der Waals surface area contributed by atoms with E-state index in [-0.39, 0.29) is 11.2 Å². The van der Waals surface area contributed by atoms with Gasteiger partial charge in [-0.2, -0.15) is 0 Å². The van der Waals surface area contributed by atoms with Crippen molar-refractivity contribution in [3.05, 3.63) is 33.1 Å². The summed E-state index contributed by atoms with van der Waals surface area (Å²) in [5.41, 5.74) is 3.12. The summed E-state index contributed by atoms with van der Waals surface area (Å²) in [6.45, 7) is 3.58. The first kappa shape index (κ1) is 13.7. The lowest BCUT2D eigenvalue weighted by atomic mass is 10.2. The summed E-state index contributed by atoms with van der Waals surface area (Å²) in [4.78, 5) is 24.4. The van der Waals surface area contributed by atoms with E-state index in [1.165, 1.54) is 36.1 Å². The van der Waals surface area contributed by atoms with Gasteiger partial charge in [0.25, 0.3) is 5.56 Å². The monoisotopic (exact) mass is 242 g/mol. The molecule has 6 nitrogen and oxygen atoms in total. The Morgan fingerprint density at radius 2 is 2.06 bits per heavy atom. The molecule has 0 atom stereocenters. The maximum Gasteiger partial charge on any atom is 0.328 e. The van der Waals surface area contributed by atoms with Gasteiger partial charge < -0.3 is 11.1 Å². The zero-order valence-corrected chi connectivity index (χ0v) is 10.2. The number of rotatable bonds is 8. The fraction of sp³-hybridized carbons (Fsp3) is 0.636. The summed E-state index contributed by atoms with van der Waals surface area (Å²) in [6.07, 6.45) is 5.14. The van der Waals surface area contributed by atoms with E-state index in [1.54, 1.807) is 0 Å². The zero-order valence-electron chi connectivity index (χ0n) is 10.2. The average Bonchev–Trinajstić information content (AvgIpc) is 2.30. The second kappa shape index (κ2) is 7.81. The minimum Gasteiger partial charge on any atom is -0.358 e. The number of H-pyrrole nitrogens is 1. The molecule has 0 amide bonds. The molecule has 6 heteroatoms. The van der Waals surface area contributed by atoms with Crippen LogP contribution >= 0.6 is 0 Å². The van der Waals surface area contributed by atoms with E-state index in [0.29, 0.717) is 6.54 Å². The highest BCUT2D eigenvalue weighted by Crippen LogP contribution is 1.87. The van der Waals surface area contributed by atoms with Gasteiger partial charge in [-0.15, -0.1) is 0 Å². The quantitative estimate of drug-likeness (QED) is 0.440. The molecule has 1 aromatic heterocycles. The van der Waals surface area contributed by atoms with E-state index in [2.05, 4.69) is 16.0 Å². The van der Waals surface area contributed by atoms with E-state index >= 15 is 0 Å². The van der Waals surface area contributed by atoms with Crippen LogP contribution in [0.5, 0.6) is 0 Å². The Hall–Kier alpha value is -1.40. The Morgan fingerprint density at radius 1 is 1.24 bits per heavy atom. The van der Waals surface area contributed by atoms with E-state index in [0.717, 1.165) is 19.6 Å². The van der Waals surface area contributed by atoms with E-state index in [9.17, 15) is 9.59 Å². The van der Waals surface area contributed by atoms with Gasteiger partial charge in [0, 0.05) is 12.3 Å². The van der Waals surface area contributed by atoms with Crippen LogP contribution < -0.4 is 22.3 Å². The number of quaternary nitrogens is 2. The van der Waals surface area contributed by atoms with E-state index in [1.807, 2.05) is 0 Å². The van der Waals surface area contributed by atoms with Gasteiger partial charge in [-0.05, 0) is 19.3 Å². The summed E-state index contributed by atoms with van der Waals surface area (Å²) in [7, 11) is 0. The van der Waals surface area contributed by atoms with Crippen LogP contribution in [0.15, 0.2) is 21.9 Å². The van der Waals surface area contributed by atoms with Crippen LogP contribution in [0.2, 0.25) is 0 Å². The maximum absolute atomic E-state index is 11.3. The Bertz CT molecular complexity index is 424. The molecule has 0 aliphatic rings. The van der Waals surface area contributed by atoms with Crippen LogP contribution in [0.1, 0.15) is 19.3 Å². The third-order valence-electron chi connectivity index (χ3n) is 2.63. The third kappa shape index (κ3) is 5.46.